The molecule has 0 spiro atoms. The van der Waals surface area contributed by atoms with Crippen LogP contribution >= 0.6 is 31.9 Å². The van der Waals surface area contributed by atoms with E-state index in [0.29, 0.717) is 28.1 Å². The van der Waals surface area contributed by atoms with Gasteiger partial charge in [0, 0.05) is 26.3 Å². The van der Waals surface area contributed by atoms with E-state index < -0.39 is 12.3 Å². The number of ketones is 1. The van der Waals surface area contributed by atoms with Crippen LogP contribution in [0.2, 0.25) is 0 Å². The number of aromatic nitrogens is 1. The number of aryl methyl sites for hydroxylation is 1. The van der Waals surface area contributed by atoms with Gasteiger partial charge in [0.1, 0.15) is 10.3 Å². The molecule has 0 radical (unpaired) electrons. The fraction of sp³-hybridized carbons (Fsp3) is 0.409. The summed E-state index contributed by atoms with van der Waals surface area (Å²) in [5.41, 5.74) is 2.57. The average Bonchev–Trinajstić information content (AvgIpc) is 3.08. The number of carbonyl (C=O) groups is 3. The number of urea groups is 1. The Morgan fingerprint density at radius 2 is 1.88 bits per heavy atom. The van der Waals surface area contributed by atoms with Gasteiger partial charge in [0.25, 0.3) is 5.91 Å². The third-order valence-electron chi connectivity index (χ3n) is 5.90. The molecule has 0 bridgehead atoms. The van der Waals surface area contributed by atoms with Crippen LogP contribution in [0.25, 0.3) is 0 Å². The number of ether oxygens (including phenoxy) is 1. The van der Waals surface area contributed by atoms with Crippen molar-refractivity contribution in [1.29, 1.82) is 0 Å². The van der Waals surface area contributed by atoms with Gasteiger partial charge in [0.15, 0.2) is 12.0 Å². The maximum atomic E-state index is 13.2. The van der Waals surface area contributed by atoms with Crippen molar-refractivity contribution in [3.63, 3.8) is 0 Å². The third kappa shape index (κ3) is 4.67. The molecule has 0 saturated carbocycles. The molecule has 1 aromatic carbocycles. The molecule has 2 atom stereocenters. The second-order valence-corrected chi connectivity index (χ2v) is 9.92. The first kappa shape index (κ1) is 23.8. The average molecular weight is 583 g/mol. The highest BCUT2D eigenvalue weighted by atomic mass is 79.9. The second-order valence-electron chi connectivity index (χ2n) is 8.31. The highest BCUT2D eigenvalue weighted by Crippen LogP contribution is 2.36. The van der Waals surface area contributed by atoms with Crippen molar-refractivity contribution in [3.05, 3.63) is 50.7 Å². The van der Waals surface area contributed by atoms with Crippen LogP contribution in [0, 0.1) is 6.92 Å². The van der Waals surface area contributed by atoms with E-state index in [0.717, 1.165) is 11.3 Å². The van der Waals surface area contributed by atoms with Crippen LogP contribution in [-0.4, -0.2) is 72.4 Å². The van der Waals surface area contributed by atoms with E-state index in [-0.39, 0.29) is 30.7 Å². The summed E-state index contributed by atoms with van der Waals surface area (Å²) in [5.74, 6) is -0.410. The number of hydrogen-bond donors (Lipinski definition) is 1. The maximum absolute atomic E-state index is 13.2. The predicted octanol–water partition coefficient (Wildman–Crippen LogP) is 3.33. The predicted molar refractivity (Wildman–Crippen MR) is 130 cm³/mol. The van der Waals surface area contributed by atoms with Gasteiger partial charge in [0.05, 0.1) is 30.4 Å². The zero-order chi connectivity index (χ0) is 23.9. The Labute approximate surface area is 208 Å². The van der Waals surface area contributed by atoms with E-state index in [1.165, 1.54) is 12.0 Å². The molecule has 3 amide bonds. The minimum absolute atomic E-state index is 0.0399. The van der Waals surface area contributed by atoms with Crippen LogP contribution in [0.5, 0.6) is 0 Å². The van der Waals surface area contributed by atoms with Crippen molar-refractivity contribution >= 4 is 55.3 Å². The van der Waals surface area contributed by atoms with Crippen molar-refractivity contribution in [2.75, 3.05) is 38.9 Å². The summed E-state index contributed by atoms with van der Waals surface area (Å²) in [5, 5.41) is 2.80. The van der Waals surface area contributed by atoms with E-state index in [2.05, 4.69) is 37.2 Å². The van der Waals surface area contributed by atoms with Gasteiger partial charge in [0.2, 0.25) is 0 Å². The summed E-state index contributed by atoms with van der Waals surface area (Å²) in [6.07, 6.45) is -0.586. The lowest BCUT2D eigenvalue weighted by molar-refractivity contribution is -0.122. The van der Waals surface area contributed by atoms with Gasteiger partial charge >= 0.3 is 6.03 Å². The van der Waals surface area contributed by atoms with Crippen LogP contribution in [0.3, 0.4) is 0 Å². The first-order valence-electron chi connectivity index (χ1n) is 10.4. The number of anilines is 1. The Balaban J connectivity index is 1.51. The number of rotatable bonds is 6. The van der Waals surface area contributed by atoms with Gasteiger partial charge in [-0.2, -0.15) is 0 Å². The number of carbonyl (C=O) groups excluding carboxylic acids is 3. The van der Waals surface area contributed by atoms with E-state index in [1.807, 2.05) is 36.1 Å². The lowest BCUT2D eigenvalue weighted by Gasteiger charge is -2.41. The quantitative estimate of drug-likeness (QED) is 0.565. The van der Waals surface area contributed by atoms with Gasteiger partial charge in [-0.15, -0.1) is 0 Å². The topological polar surface area (TPSA) is 87.1 Å². The molecule has 2 aromatic rings. The van der Waals surface area contributed by atoms with E-state index in [1.54, 1.807) is 22.6 Å². The van der Waals surface area contributed by atoms with Crippen LogP contribution in [0.4, 0.5) is 10.5 Å². The number of Topliss-reactive ketones (excluding diaryl/α,β-unsaturated/α-hetero) is 1. The minimum Gasteiger partial charge on any atom is -0.359 e. The summed E-state index contributed by atoms with van der Waals surface area (Å²) < 4.78 is 8.60. The highest BCUT2D eigenvalue weighted by Gasteiger charge is 2.38. The van der Waals surface area contributed by atoms with Gasteiger partial charge in [-0.1, -0.05) is 17.7 Å². The van der Waals surface area contributed by atoms with Gasteiger partial charge in [-0.3, -0.25) is 14.5 Å². The summed E-state index contributed by atoms with van der Waals surface area (Å²) >= 11 is 6.93. The van der Waals surface area contributed by atoms with Gasteiger partial charge < -0.3 is 24.4 Å². The van der Waals surface area contributed by atoms with Crippen molar-refractivity contribution in [3.8, 4) is 0 Å². The Kier molecular flexibility index (Phi) is 6.83. The number of amides is 3. The summed E-state index contributed by atoms with van der Waals surface area (Å²) in [7, 11) is 3.21. The molecule has 1 saturated heterocycles. The fourth-order valence-corrected chi connectivity index (χ4v) is 5.21. The summed E-state index contributed by atoms with van der Waals surface area (Å²) in [6.45, 7) is 2.74. The summed E-state index contributed by atoms with van der Waals surface area (Å²) in [4.78, 5) is 43.5. The lowest BCUT2D eigenvalue weighted by atomic mass is 10.1. The first-order chi connectivity index (χ1) is 15.7. The Bertz CT molecular complexity index is 1090. The normalized spacial score (nSPS) is 20.7. The molecule has 1 fully saturated rings. The fourth-order valence-electron chi connectivity index (χ4n) is 4.23. The van der Waals surface area contributed by atoms with E-state index in [4.69, 9.17) is 4.74 Å². The van der Waals surface area contributed by atoms with Gasteiger partial charge in [-0.05, 0) is 57.0 Å². The Morgan fingerprint density at radius 3 is 2.55 bits per heavy atom. The highest BCUT2D eigenvalue weighted by molar-refractivity contribution is 9.13. The van der Waals surface area contributed by atoms with Crippen LogP contribution < -0.4 is 10.2 Å². The lowest BCUT2D eigenvalue weighted by Crippen LogP contribution is -2.58. The molecular weight excluding hydrogens is 558 g/mol. The molecule has 1 N–H and O–H groups in total. The number of fused-ring (bicyclic) bond motifs is 1. The van der Waals surface area contributed by atoms with E-state index in [9.17, 15) is 14.4 Å². The smallest absolute Gasteiger partial charge is 0.322 e. The van der Waals surface area contributed by atoms with Crippen LogP contribution in [-0.2, 0) is 9.53 Å². The molecule has 33 heavy (non-hydrogen) atoms. The molecule has 0 unspecified atom stereocenters. The largest absolute Gasteiger partial charge is 0.359 e. The Hall–Kier alpha value is -2.37. The molecule has 3 heterocycles. The number of halogens is 2. The van der Waals surface area contributed by atoms with Crippen molar-refractivity contribution in [1.82, 2.24) is 19.7 Å². The molecule has 1 aromatic heterocycles. The standard InChI is InChI=1S/C22H25Br2N5O4/c1-13-4-6-14(7-5-13)28-11-26(2)22(32)27(12-28)10-15(30)8-18-21(33-3)25-20(31)17-9-16(23)19(24)29(17)18/h4-7,9,18,21H,8,10-12H2,1-3H3,(H,25,31)/t18-,21-/m1/s1. The second kappa shape index (κ2) is 9.47. The molecule has 9 nitrogen and oxygen atoms in total. The molecule has 11 heteroatoms. The first-order valence-corrected chi connectivity index (χ1v) is 12.0. The molecule has 0 aliphatic carbocycles. The van der Waals surface area contributed by atoms with Gasteiger partial charge in [-0.25, -0.2) is 4.79 Å². The molecule has 176 valence electrons. The number of nitrogens with zero attached hydrogens (tertiary/aromatic N) is 4. The molecule has 2 aliphatic rings. The van der Waals surface area contributed by atoms with Crippen LogP contribution in [0.1, 0.15) is 28.5 Å². The third-order valence-corrected chi connectivity index (χ3v) is 7.84. The molecule has 4 rings (SSSR count). The van der Waals surface area contributed by atoms with Crippen molar-refractivity contribution < 1.29 is 19.1 Å². The number of benzene rings is 1. The SMILES string of the molecule is CO[C@H]1NC(=O)c2cc(Br)c(Br)n2[C@@H]1CC(=O)CN1CN(c2ccc(C)cc2)CN(C)C1=O. The minimum atomic E-state index is -0.673. The zero-order valence-electron chi connectivity index (χ0n) is 18.5. The van der Waals surface area contributed by atoms with Crippen molar-refractivity contribution in [2.24, 2.45) is 0 Å². The number of hydrogen-bond acceptors (Lipinski definition) is 5. The maximum Gasteiger partial charge on any atom is 0.322 e. The number of methoxy groups -OCH3 is 1. The molecular formula is C22H25Br2N5O4. The van der Waals surface area contributed by atoms with Crippen molar-refractivity contribution in [2.45, 2.75) is 25.6 Å². The molecule has 2 aliphatic heterocycles. The monoisotopic (exact) mass is 581 g/mol. The Morgan fingerprint density at radius 1 is 1.18 bits per heavy atom. The summed E-state index contributed by atoms with van der Waals surface area (Å²) in [6, 6.07) is 9.11. The zero-order valence-corrected chi connectivity index (χ0v) is 21.7. The van der Waals surface area contributed by atoms with Crippen LogP contribution in [0.15, 0.2) is 39.4 Å². The number of nitrogens with one attached hydrogen (secondary N) is 1. The van der Waals surface area contributed by atoms with E-state index >= 15 is 0 Å².